The van der Waals surface area contributed by atoms with Gasteiger partial charge >= 0.3 is 0 Å². The van der Waals surface area contributed by atoms with E-state index < -0.39 is 17.3 Å². The smallest absolute Gasteiger partial charge is 0.193 e. The quantitative estimate of drug-likeness (QED) is 0.521. The van der Waals surface area contributed by atoms with Gasteiger partial charge in [0.2, 0.25) is 0 Å². The summed E-state index contributed by atoms with van der Waals surface area (Å²) in [6.45, 7) is 5.83. The standard InChI is InChI=1S/C27H34O6/c1-26(2,31)24(29)18-10-8-17(9-11-18)23(33-22-14-12-21(28)13-15-22)19-6-5-7-20(16-19)25(30)27(3,4)32/h5-11,16,21-23,28,31-32H,12-15H2,1-4H3. The van der Waals surface area contributed by atoms with Gasteiger partial charge in [-0.3, -0.25) is 9.59 Å². The second-order valence-corrected chi connectivity index (χ2v) is 9.97. The number of carbonyl (C=O) groups excluding carboxylic acids is 2. The van der Waals surface area contributed by atoms with E-state index in [9.17, 15) is 24.9 Å². The Hall–Kier alpha value is -2.38. The Morgan fingerprint density at radius 2 is 1.36 bits per heavy atom. The molecule has 0 aromatic heterocycles. The second kappa shape index (κ2) is 9.85. The van der Waals surface area contributed by atoms with E-state index in [1.54, 1.807) is 42.5 Å². The summed E-state index contributed by atoms with van der Waals surface area (Å²) in [5.74, 6) is -0.749. The highest BCUT2D eigenvalue weighted by Crippen LogP contribution is 2.33. The second-order valence-electron chi connectivity index (χ2n) is 9.97. The number of rotatable bonds is 8. The van der Waals surface area contributed by atoms with Crippen LogP contribution in [0, 0.1) is 0 Å². The third-order valence-corrected chi connectivity index (χ3v) is 6.01. The lowest BCUT2D eigenvalue weighted by molar-refractivity contribution is -0.0337. The highest BCUT2D eigenvalue weighted by molar-refractivity contribution is 6.02. The first kappa shape index (κ1) is 25.2. The fourth-order valence-electron chi connectivity index (χ4n) is 4.08. The molecule has 0 saturated heterocycles. The number of ether oxygens (including phenoxy) is 1. The van der Waals surface area contributed by atoms with Crippen molar-refractivity contribution in [2.45, 2.75) is 82.9 Å². The molecule has 3 N–H and O–H groups in total. The SMILES string of the molecule is CC(C)(O)C(=O)c1ccc(C(OC2CCC(O)CC2)c2cccc(C(=O)C(C)(C)O)c2)cc1. The van der Waals surface area contributed by atoms with E-state index >= 15 is 0 Å². The molecule has 1 aliphatic carbocycles. The lowest BCUT2D eigenvalue weighted by Crippen LogP contribution is -2.31. The molecule has 0 spiro atoms. The number of aliphatic hydroxyl groups is 3. The number of ketones is 2. The molecule has 3 rings (SSSR count). The summed E-state index contributed by atoms with van der Waals surface area (Å²) in [4.78, 5) is 25.0. The molecule has 1 fully saturated rings. The van der Waals surface area contributed by atoms with Crippen LogP contribution < -0.4 is 0 Å². The predicted molar refractivity (Wildman–Crippen MR) is 125 cm³/mol. The fraction of sp³-hybridized carbons (Fsp3) is 0.481. The van der Waals surface area contributed by atoms with E-state index in [2.05, 4.69) is 0 Å². The Kier molecular flexibility index (Phi) is 7.54. The first-order valence-electron chi connectivity index (χ1n) is 11.4. The molecule has 178 valence electrons. The van der Waals surface area contributed by atoms with Crippen LogP contribution in [-0.4, -0.2) is 50.3 Å². The van der Waals surface area contributed by atoms with Gasteiger partial charge in [-0.1, -0.05) is 42.5 Å². The molecule has 0 bridgehead atoms. The minimum Gasteiger partial charge on any atom is -0.393 e. The molecular formula is C27H34O6. The highest BCUT2D eigenvalue weighted by Gasteiger charge is 2.29. The van der Waals surface area contributed by atoms with Crippen molar-refractivity contribution in [1.29, 1.82) is 0 Å². The number of Topliss-reactive ketones (excluding diaryl/α,β-unsaturated/α-hetero) is 2. The van der Waals surface area contributed by atoms with Gasteiger partial charge in [0.05, 0.1) is 12.2 Å². The van der Waals surface area contributed by atoms with Crippen molar-refractivity contribution in [3.63, 3.8) is 0 Å². The summed E-state index contributed by atoms with van der Waals surface area (Å²) >= 11 is 0. The molecule has 0 heterocycles. The molecule has 2 aromatic carbocycles. The Morgan fingerprint density at radius 3 is 1.91 bits per heavy atom. The number of aliphatic hydroxyl groups excluding tert-OH is 1. The zero-order chi connectivity index (χ0) is 24.4. The van der Waals surface area contributed by atoms with Gasteiger partial charge in [0.25, 0.3) is 0 Å². The zero-order valence-corrected chi connectivity index (χ0v) is 19.7. The van der Waals surface area contributed by atoms with Crippen LogP contribution >= 0.6 is 0 Å². The maximum atomic E-state index is 12.6. The van der Waals surface area contributed by atoms with Crippen LogP contribution in [0.3, 0.4) is 0 Å². The Balaban J connectivity index is 1.95. The number of hydrogen-bond donors (Lipinski definition) is 3. The van der Waals surface area contributed by atoms with Crippen LogP contribution in [0.5, 0.6) is 0 Å². The minimum absolute atomic E-state index is 0.0512. The zero-order valence-electron chi connectivity index (χ0n) is 19.7. The summed E-state index contributed by atoms with van der Waals surface area (Å²) in [6.07, 6.45) is 1.96. The van der Waals surface area contributed by atoms with E-state index in [-0.39, 0.29) is 23.8 Å². The third-order valence-electron chi connectivity index (χ3n) is 6.01. The molecule has 0 amide bonds. The molecule has 0 aliphatic heterocycles. The average Bonchev–Trinajstić information content (AvgIpc) is 2.76. The predicted octanol–water partition coefficient (Wildman–Crippen LogP) is 4.00. The molecule has 0 radical (unpaired) electrons. The van der Waals surface area contributed by atoms with E-state index in [0.717, 1.165) is 24.0 Å². The lowest BCUT2D eigenvalue weighted by Gasteiger charge is -2.30. The van der Waals surface area contributed by atoms with Crippen LogP contribution in [0.4, 0.5) is 0 Å². The fourth-order valence-corrected chi connectivity index (χ4v) is 4.08. The molecule has 2 aromatic rings. The number of benzene rings is 2. The molecule has 1 aliphatic rings. The van der Waals surface area contributed by atoms with Crippen molar-refractivity contribution in [3.05, 3.63) is 70.8 Å². The normalized spacial score (nSPS) is 20.3. The lowest BCUT2D eigenvalue weighted by atomic mass is 9.91. The van der Waals surface area contributed by atoms with Crippen molar-refractivity contribution < 1.29 is 29.6 Å². The van der Waals surface area contributed by atoms with Crippen molar-refractivity contribution in [2.75, 3.05) is 0 Å². The topological polar surface area (TPSA) is 104 Å². The van der Waals surface area contributed by atoms with Gasteiger partial charge in [-0.15, -0.1) is 0 Å². The number of hydrogen-bond acceptors (Lipinski definition) is 6. The first-order valence-corrected chi connectivity index (χ1v) is 11.4. The van der Waals surface area contributed by atoms with Crippen LogP contribution in [-0.2, 0) is 4.74 Å². The molecule has 6 nitrogen and oxygen atoms in total. The maximum Gasteiger partial charge on any atom is 0.193 e. The summed E-state index contributed by atoms with van der Waals surface area (Å²) in [5, 5.41) is 30.0. The van der Waals surface area contributed by atoms with Gasteiger partial charge in [0.15, 0.2) is 11.6 Å². The van der Waals surface area contributed by atoms with Gasteiger partial charge in [-0.05, 0) is 70.6 Å². The average molecular weight is 455 g/mol. The van der Waals surface area contributed by atoms with Crippen LogP contribution in [0.1, 0.15) is 91.3 Å². The molecule has 1 unspecified atom stereocenters. The molecule has 1 atom stereocenters. The Bertz CT molecular complexity index is 973. The summed E-state index contributed by atoms with van der Waals surface area (Å²) < 4.78 is 6.48. The van der Waals surface area contributed by atoms with E-state index in [1.165, 1.54) is 27.7 Å². The van der Waals surface area contributed by atoms with E-state index in [4.69, 9.17) is 4.74 Å². The van der Waals surface area contributed by atoms with Crippen molar-refractivity contribution in [2.24, 2.45) is 0 Å². The van der Waals surface area contributed by atoms with Crippen molar-refractivity contribution >= 4 is 11.6 Å². The third kappa shape index (κ3) is 6.36. The number of carbonyl (C=O) groups is 2. The summed E-state index contributed by atoms with van der Waals surface area (Å²) in [5.41, 5.74) is -0.600. The molecule has 33 heavy (non-hydrogen) atoms. The van der Waals surface area contributed by atoms with Gasteiger partial charge in [0, 0.05) is 11.1 Å². The van der Waals surface area contributed by atoms with Crippen LogP contribution in [0.2, 0.25) is 0 Å². The largest absolute Gasteiger partial charge is 0.393 e. The molecular weight excluding hydrogens is 420 g/mol. The first-order chi connectivity index (χ1) is 15.4. The van der Waals surface area contributed by atoms with Crippen LogP contribution in [0.15, 0.2) is 48.5 Å². The van der Waals surface area contributed by atoms with Crippen LogP contribution in [0.25, 0.3) is 0 Å². The van der Waals surface area contributed by atoms with Crippen molar-refractivity contribution in [3.8, 4) is 0 Å². The summed E-state index contributed by atoms with van der Waals surface area (Å²) in [7, 11) is 0. The molecule has 6 heteroatoms. The van der Waals surface area contributed by atoms with Gasteiger partial charge in [0.1, 0.15) is 17.3 Å². The van der Waals surface area contributed by atoms with Gasteiger partial charge < -0.3 is 20.1 Å². The Labute approximate surface area is 195 Å². The monoisotopic (exact) mass is 454 g/mol. The summed E-state index contributed by atoms with van der Waals surface area (Å²) in [6, 6.07) is 14.0. The van der Waals surface area contributed by atoms with E-state index in [1.807, 2.05) is 6.07 Å². The minimum atomic E-state index is -1.49. The van der Waals surface area contributed by atoms with Gasteiger partial charge in [-0.2, -0.15) is 0 Å². The highest BCUT2D eigenvalue weighted by atomic mass is 16.5. The maximum absolute atomic E-state index is 12.6. The molecule has 1 saturated carbocycles. The van der Waals surface area contributed by atoms with Crippen molar-refractivity contribution in [1.82, 2.24) is 0 Å². The van der Waals surface area contributed by atoms with E-state index in [0.29, 0.717) is 24.0 Å². The Morgan fingerprint density at radius 1 is 0.818 bits per heavy atom. The van der Waals surface area contributed by atoms with Gasteiger partial charge in [-0.25, -0.2) is 0 Å².